The maximum atomic E-state index is 13.1. The minimum absolute atomic E-state index is 0. The minimum Gasteiger partial charge on any atom is -0.508 e. The molecule has 36 heavy (non-hydrogen) atoms. The summed E-state index contributed by atoms with van der Waals surface area (Å²) in [6.45, 7) is 10.7. The number of hydrogen-bond donors (Lipinski definition) is 1. The summed E-state index contributed by atoms with van der Waals surface area (Å²) in [5.41, 5.74) is 1.29. The third kappa shape index (κ3) is 8.37. The molecule has 1 aliphatic carbocycles. The topological polar surface area (TPSA) is 70.1 Å². The Kier molecular flexibility index (Phi) is 12.5. The number of benzene rings is 1. The van der Waals surface area contributed by atoms with Crippen LogP contribution in [0.15, 0.2) is 24.3 Å². The number of carbonyl (C=O) groups excluding carboxylic acids is 2. The summed E-state index contributed by atoms with van der Waals surface area (Å²) >= 11 is 0. The van der Waals surface area contributed by atoms with Crippen LogP contribution in [0.4, 0.5) is 0 Å². The predicted molar refractivity (Wildman–Crippen MR) is 147 cm³/mol. The molecule has 1 amide bonds. The molecule has 0 unspecified atom stereocenters. The van der Waals surface area contributed by atoms with Gasteiger partial charge in [-0.2, -0.15) is 0 Å². The zero-order chi connectivity index (χ0) is 25.3. The molecule has 2 atom stereocenters. The minimum atomic E-state index is -0.207. The van der Waals surface area contributed by atoms with E-state index in [0.29, 0.717) is 43.6 Å². The first-order valence-corrected chi connectivity index (χ1v) is 13.8. The number of hydrogen-bond acceptors (Lipinski definition) is 5. The van der Waals surface area contributed by atoms with E-state index in [1.165, 1.54) is 24.8 Å². The standard InChI is InChI=1S/C29H46N2O4.ClH/c1-4-35-28(34)16-9-15-27(33)31(25-12-6-5-7-13-25)19-10-18-30-20-17-29(3,23(2)22-30)24-11-8-14-26(32)21-24;/h8,11,14,21,23,25,32H,4-7,9-10,12-13,15-20,22H2,1-3H3;1H/t23-,29-;/m0./s1. The Labute approximate surface area is 224 Å². The van der Waals surface area contributed by atoms with Gasteiger partial charge in [-0.1, -0.05) is 45.2 Å². The summed E-state index contributed by atoms with van der Waals surface area (Å²) in [4.78, 5) is 29.5. The lowest BCUT2D eigenvalue weighted by molar-refractivity contribution is -0.143. The van der Waals surface area contributed by atoms with Crippen LogP contribution >= 0.6 is 12.4 Å². The van der Waals surface area contributed by atoms with Crippen LogP contribution in [-0.2, 0) is 19.7 Å². The maximum absolute atomic E-state index is 13.1. The number of phenolic OH excluding ortho intramolecular Hbond substituents is 1. The van der Waals surface area contributed by atoms with Crippen LogP contribution in [0.2, 0.25) is 0 Å². The highest BCUT2D eigenvalue weighted by Crippen LogP contribution is 2.40. The summed E-state index contributed by atoms with van der Waals surface area (Å²) < 4.78 is 5.01. The monoisotopic (exact) mass is 522 g/mol. The zero-order valence-corrected chi connectivity index (χ0v) is 23.4. The van der Waals surface area contributed by atoms with E-state index in [0.717, 1.165) is 51.9 Å². The summed E-state index contributed by atoms with van der Waals surface area (Å²) in [7, 11) is 0. The number of ether oxygens (including phenoxy) is 1. The lowest BCUT2D eigenvalue weighted by Gasteiger charge is -2.45. The van der Waals surface area contributed by atoms with Gasteiger partial charge in [-0.3, -0.25) is 9.59 Å². The Morgan fingerprint density at radius 2 is 1.92 bits per heavy atom. The molecule has 6 nitrogen and oxygen atoms in total. The summed E-state index contributed by atoms with van der Waals surface area (Å²) in [5.74, 6) is 0.816. The van der Waals surface area contributed by atoms with Crippen LogP contribution in [0, 0.1) is 5.92 Å². The van der Waals surface area contributed by atoms with E-state index in [9.17, 15) is 14.7 Å². The Balaban J connectivity index is 0.00000456. The Bertz CT molecular complexity index is 829. The van der Waals surface area contributed by atoms with Crippen LogP contribution in [0.5, 0.6) is 5.75 Å². The molecular formula is C29H47ClN2O4. The molecule has 0 spiro atoms. The number of aromatic hydroxyl groups is 1. The van der Waals surface area contributed by atoms with E-state index in [1.54, 1.807) is 6.07 Å². The van der Waals surface area contributed by atoms with Crippen LogP contribution in [0.1, 0.15) is 90.5 Å². The largest absolute Gasteiger partial charge is 0.508 e. The first kappa shape index (κ1) is 30.4. The van der Waals surface area contributed by atoms with Gasteiger partial charge in [0.1, 0.15) is 5.75 Å². The van der Waals surface area contributed by atoms with Gasteiger partial charge in [0.2, 0.25) is 5.91 Å². The fraction of sp³-hybridized carbons (Fsp3) is 0.724. The Morgan fingerprint density at radius 1 is 1.17 bits per heavy atom. The molecule has 1 heterocycles. The number of nitrogens with zero attached hydrogens (tertiary/aromatic N) is 2. The number of esters is 1. The third-order valence-electron chi connectivity index (χ3n) is 8.36. The van der Waals surface area contributed by atoms with Gasteiger partial charge in [-0.05, 0) is 81.1 Å². The second-order valence-electron chi connectivity index (χ2n) is 10.8. The maximum Gasteiger partial charge on any atom is 0.305 e. The number of amides is 1. The van der Waals surface area contributed by atoms with Gasteiger partial charge in [0.15, 0.2) is 0 Å². The molecule has 1 aromatic carbocycles. The Morgan fingerprint density at radius 3 is 2.58 bits per heavy atom. The lowest BCUT2D eigenvalue weighted by atomic mass is 9.68. The normalized spacial score (nSPS) is 23.0. The predicted octanol–water partition coefficient (Wildman–Crippen LogP) is 5.70. The van der Waals surface area contributed by atoms with Crippen LogP contribution in [0.25, 0.3) is 0 Å². The van der Waals surface area contributed by atoms with Crippen molar-refractivity contribution in [2.24, 2.45) is 5.92 Å². The van der Waals surface area contributed by atoms with Crippen molar-refractivity contribution in [3.63, 3.8) is 0 Å². The highest BCUT2D eigenvalue weighted by molar-refractivity contribution is 5.85. The highest BCUT2D eigenvalue weighted by atomic mass is 35.5. The van der Waals surface area contributed by atoms with Gasteiger partial charge in [-0.15, -0.1) is 12.4 Å². The molecule has 2 aliphatic rings. The molecule has 204 valence electrons. The average molecular weight is 523 g/mol. The van der Waals surface area contributed by atoms with Gasteiger partial charge in [0, 0.05) is 32.0 Å². The SMILES string of the molecule is CCOC(=O)CCCC(=O)N(CCCN1CC[C@](C)(c2cccc(O)c2)[C@@H](C)C1)C1CCCCC1.Cl. The van der Waals surface area contributed by atoms with E-state index in [4.69, 9.17) is 4.74 Å². The van der Waals surface area contributed by atoms with Gasteiger partial charge < -0.3 is 19.6 Å². The number of halogens is 1. The number of phenols is 1. The molecule has 3 rings (SSSR count). The van der Waals surface area contributed by atoms with Crippen LogP contribution in [0.3, 0.4) is 0 Å². The molecule has 1 aromatic rings. The fourth-order valence-corrected chi connectivity index (χ4v) is 5.94. The number of piperidine rings is 1. The summed E-state index contributed by atoms with van der Waals surface area (Å²) in [5, 5.41) is 9.96. The molecular weight excluding hydrogens is 476 g/mol. The zero-order valence-electron chi connectivity index (χ0n) is 22.5. The second-order valence-corrected chi connectivity index (χ2v) is 10.8. The lowest BCUT2D eigenvalue weighted by Crippen LogP contribution is -2.48. The average Bonchev–Trinajstić information content (AvgIpc) is 2.84. The van der Waals surface area contributed by atoms with Gasteiger partial charge in [0.25, 0.3) is 0 Å². The van der Waals surface area contributed by atoms with Crippen LogP contribution < -0.4 is 0 Å². The van der Waals surface area contributed by atoms with Crippen molar-refractivity contribution in [2.45, 2.75) is 96.4 Å². The fourth-order valence-electron chi connectivity index (χ4n) is 5.94. The van der Waals surface area contributed by atoms with E-state index in [2.05, 4.69) is 29.7 Å². The first-order valence-electron chi connectivity index (χ1n) is 13.8. The van der Waals surface area contributed by atoms with Crippen molar-refractivity contribution < 1.29 is 19.4 Å². The molecule has 1 saturated carbocycles. The van der Waals surface area contributed by atoms with E-state index in [-0.39, 0.29) is 29.7 Å². The van der Waals surface area contributed by atoms with Crippen molar-refractivity contribution in [1.29, 1.82) is 0 Å². The van der Waals surface area contributed by atoms with Gasteiger partial charge >= 0.3 is 5.97 Å². The molecule has 1 saturated heterocycles. The molecule has 2 fully saturated rings. The summed E-state index contributed by atoms with van der Waals surface area (Å²) in [6.07, 6.45) is 9.25. The smallest absolute Gasteiger partial charge is 0.305 e. The van der Waals surface area contributed by atoms with Crippen molar-refractivity contribution in [1.82, 2.24) is 9.80 Å². The van der Waals surface area contributed by atoms with E-state index in [1.807, 2.05) is 19.1 Å². The molecule has 1 N–H and O–H groups in total. The van der Waals surface area contributed by atoms with Crippen LogP contribution in [-0.4, -0.2) is 65.6 Å². The molecule has 1 aliphatic heterocycles. The highest BCUT2D eigenvalue weighted by Gasteiger charge is 2.38. The Hall–Kier alpha value is -1.79. The van der Waals surface area contributed by atoms with E-state index < -0.39 is 0 Å². The van der Waals surface area contributed by atoms with Gasteiger partial charge in [0.05, 0.1) is 6.61 Å². The number of carbonyl (C=O) groups is 2. The third-order valence-corrected chi connectivity index (χ3v) is 8.36. The van der Waals surface area contributed by atoms with Crippen molar-refractivity contribution in [2.75, 3.05) is 32.8 Å². The first-order chi connectivity index (χ1) is 16.8. The molecule has 0 radical (unpaired) electrons. The van der Waals surface area contributed by atoms with Crippen molar-refractivity contribution >= 4 is 24.3 Å². The second kappa shape index (κ2) is 14.8. The molecule has 7 heteroatoms. The number of rotatable bonds is 11. The number of likely N-dealkylation sites (tertiary alicyclic amines) is 1. The quantitative estimate of drug-likeness (QED) is 0.377. The molecule has 0 aromatic heterocycles. The van der Waals surface area contributed by atoms with Gasteiger partial charge in [-0.25, -0.2) is 0 Å². The van der Waals surface area contributed by atoms with E-state index >= 15 is 0 Å². The van der Waals surface area contributed by atoms with Crippen molar-refractivity contribution in [3.05, 3.63) is 29.8 Å². The summed E-state index contributed by atoms with van der Waals surface area (Å²) in [6, 6.07) is 8.10. The molecule has 0 bridgehead atoms. The van der Waals surface area contributed by atoms with Crippen molar-refractivity contribution in [3.8, 4) is 5.75 Å².